The molecule has 2 aromatic carbocycles. The largest absolute Gasteiger partial charge is 0.446 e. The molecule has 4 aromatic rings. The van der Waals surface area contributed by atoms with E-state index in [1.165, 1.54) is 0 Å². The number of carbonyl (C=O) groups is 4. The Labute approximate surface area is 292 Å². The van der Waals surface area contributed by atoms with Gasteiger partial charge in [0.2, 0.25) is 0 Å². The van der Waals surface area contributed by atoms with Crippen LogP contribution in [0, 0.1) is 5.41 Å². The topological polar surface area (TPSA) is 152 Å². The highest BCUT2D eigenvalue weighted by atomic mass is 16.6. The van der Waals surface area contributed by atoms with Crippen LogP contribution < -0.4 is 20.9 Å². The van der Waals surface area contributed by atoms with E-state index in [4.69, 9.17) is 9.47 Å². The van der Waals surface area contributed by atoms with Gasteiger partial charge in [-0.2, -0.15) is 0 Å². The molecule has 0 saturated carbocycles. The average molecular weight is 681 g/mol. The first-order chi connectivity index (χ1) is 24.0. The van der Waals surface area contributed by atoms with E-state index in [2.05, 4.69) is 58.5 Å². The number of hydrogen-bond donors (Lipinski definition) is 3. The van der Waals surface area contributed by atoms with Crippen LogP contribution in [0.15, 0.2) is 73.1 Å². The lowest BCUT2D eigenvalue weighted by Gasteiger charge is -2.36. The van der Waals surface area contributed by atoms with Gasteiger partial charge in [-0.3, -0.25) is 19.9 Å². The van der Waals surface area contributed by atoms with Gasteiger partial charge in [-0.05, 0) is 48.4 Å². The molecule has 1 saturated heterocycles. The summed E-state index contributed by atoms with van der Waals surface area (Å²) >= 11 is 0. The summed E-state index contributed by atoms with van der Waals surface area (Å²) < 4.78 is 11.3. The molecule has 0 spiro atoms. The summed E-state index contributed by atoms with van der Waals surface area (Å²) in [7, 11) is 0. The molecule has 0 bridgehead atoms. The first kappa shape index (κ1) is 35.8. The summed E-state index contributed by atoms with van der Waals surface area (Å²) in [5, 5.41) is 9.25. The van der Waals surface area contributed by atoms with Crippen LogP contribution in [-0.4, -0.2) is 59.6 Å². The van der Waals surface area contributed by atoms with Crippen LogP contribution in [0.3, 0.4) is 0 Å². The summed E-state index contributed by atoms with van der Waals surface area (Å²) in [6.45, 7) is 9.50. The number of pyridine rings is 2. The Morgan fingerprint density at radius 1 is 1.02 bits per heavy atom. The number of nitrogens with one attached hydrogen (secondary N) is 3. The normalized spacial score (nSPS) is 15.1. The summed E-state index contributed by atoms with van der Waals surface area (Å²) in [5.41, 5.74) is 2.63. The first-order valence-corrected chi connectivity index (χ1v) is 16.9. The Morgan fingerprint density at radius 2 is 1.82 bits per heavy atom. The summed E-state index contributed by atoms with van der Waals surface area (Å²) in [5.74, 6) is -0.601. The fraction of sp³-hybridized carbons (Fsp3) is 0.368. The number of benzene rings is 2. The van der Waals surface area contributed by atoms with Gasteiger partial charge in [-0.15, -0.1) is 0 Å². The number of amides is 3. The predicted octanol–water partition coefficient (Wildman–Crippen LogP) is 7.35. The summed E-state index contributed by atoms with van der Waals surface area (Å²) in [4.78, 5) is 62.1. The highest BCUT2D eigenvalue weighted by Gasteiger charge is 2.30. The molecule has 3 heterocycles. The van der Waals surface area contributed by atoms with Gasteiger partial charge in [0.15, 0.2) is 5.69 Å². The van der Waals surface area contributed by atoms with E-state index in [9.17, 15) is 19.2 Å². The Kier molecular flexibility index (Phi) is 11.6. The van der Waals surface area contributed by atoms with E-state index in [0.717, 1.165) is 31.2 Å². The molecule has 5 rings (SSSR count). The number of fused-ring (bicyclic) bond motifs is 1. The van der Waals surface area contributed by atoms with Crippen molar-refractivity contribution in [3.8, 4) is 0 Å². The second kappa shape index (κ2) is 16.3. The second-order valence-corrected chi connectivity index (χ2v) is 13.5. The van der Waals surface area contributed by atoms with E-state index in [1.54, 1.807) is 42.7 Å². The number of anilines is 3. The zero-order valence-electron chi connectivity index (χ0n) is 28.9. The van der Waals surface area contributed by atoms with Crippen LogP contribution in [0.25, 0.3) is 10.9 Å². The number of aldehydes is 1. The van der Waals surface area contributed by atoms with Gasteiger partial charge in [0.25, 0.3) is 5.91 Å². The fourth-order valence-corrected chi connectivity index (χ4v) is 5.91. The molecular formula is C38H44N6O6. The molecule has 50 heavy (non-hydrogen) atoms. The van der Waals surface area contributed by atoms with Gasteiger partial charge in [0.05, 0.1) is 28.8 Å². The molecule has 1 fully saturated rings. The quantitative estimate of drug-likeness (QED) is 0.138. The fourth-order valence-electron chi connectivity index (χ4n) is 5.91. The first-order valence-electron chi connectivity index (χ1n) is 16.9. The molecule has 12 nitrogen and oxygen atoms in total. The minimum Gasteiger partial charge on any atom is -0.446 e. The minimum absolute atomic E-state index is 0.0380. The van der Waals surface area contributed by atoms with Crippen molar-refractivity contribution in [3.63, 3.8) is 0 Å². The minimum atomic E-state index is -0.760. The van der Waals surface area contributed by atoms with Crippen LogP contribution in [0.4, 0.5) is 26.7 Å². The van der Waals surface area contributed by atoms with Crippen molar-refractivity contribution < 1.29 is 28.7 Å². The van der Waals surface area contributed by atoms with Crippen molar-refractivity contribution in [2.24, 2.45) is 5.41 Å². The third-order valence-electron chi connectivity index (χ3n) is 8.54. The zero-order valence-corrected chi connectivity index (χ0v) is 28.9. The number of carbonyl (C=O) groups excluding carboxylic acids is 4. The monoisotopic (exact) mass is 680 g/mol. The van der Waals surface area contributed by atoms with Crippen molar-refractivity contribution in [2.45, 2.75) is 72.1 Å². The highest BCUT2D eigenvalue weighted by molar-refractivity contribution is 6.11. The number of ether oxygens (including phenoxy) is 2. The summed E-state index contributed by atoms with van der Waals surface area (Å²) in [6.07, 6.45) is 5.77. The van der Waals surface area contributed by atoms with Crippen molar-refractivity contribution >= 4 is 52.3 Å². The van der Waals surface area contributed by atoms with Crippen molar-refractivity contribution in [1.82, 2.24) is 15.3 Å². The second-order valence-electron chi connectivity index (χ2n) is 13.5. The Balaban J connectivity index is 1.34. The Bertz CT molecular complexity index is 1830. The molecule has 1 unspecified atom stereocenters. The zero-order chi connectivity index (χ0) is 35.7. The standard InChI is InChI=1S/C38H44N6O6/c1-5-10-33(38(2,3)4)50-37(48)40-28-13-9-18-44(22-28)32-16-17-39-21-31(32)42-35(46)34-30(20-27-15-14-26(23-45)19-29(27)41-34)43-36(47)49-24-25-11-7-6-8-12-25/h6-8,11-12,14-17,19-21,23,28,33H,5,9-10,13,18,22,24H2,1-4H3,(H,40,48)(H,42,46)(H,43,47)/t28-,33?/m0/s1. The molecular weight excluding hydrogens is 636 g/mol. The number of rotatable bonds is 11. The van der Waals surface area contributed by atoms with Gasteiger partial charge < -0.3 is 25.0 Å². The molecule has 3 N–H and O–H groups in total. The number of alkyl carbamates (subject to hydrolysis) is 1. The van der Waals surface area contributed by atoms with Crippen molar-refractivity contribution in [1.29, 1.82) is 0 Å². The maximum absolute atomic E-state index is 13.9. The number of nitrogens with zero attached hydrogens (tertiary/aromatic N) is 3. The van der Waals surface area contributed by atoms with E-state index < -0.39 is 18.1 Å². The van der Waals surface area contributed by atoms with Gasteiger partial charge in [0.1, 0.15) is 19.0 Å². The predicted molar refractivity (Wildman–Crippen MR) is 193 cm³/mol. The van der Waals surface area contributed by atoms with Gasteiger partial charge in [-0.25, -0.2) is 14.6 Å². The highest BCUT2D eigenvalue weighted by Crippen LogP contribution is 2.30. The van der Waals surface area contributed by atoms with Crippen LogP contribution in [-0.2, 0) is 16.1 Å². The molecule has 1 aliphatic rings. The molecule has 2 aromatic heterocycles. The molecule has 3 amide bonds. The summed E-state index contributed by atoms with van der Waals surface area (Å²) in [6, 6.07) is 17.4. The third-order valence-corrected chi connectivity index (χ3v) is 8.54. The maximum Gasteiger partial charge on any atom is 0.412 e. The smallest absolute Gasteiger partial charge is 0.412 e. The van der Waals surface area contributed by atoms with E-state index >= 15 is 0 Å². The van der Waals surface area contributed by atoms with Gasteiger partial charge >= 0.3 is 12.2 Å². The molecule has 0 aliphatic carbocycles. The van der Waals surface area contributed by atoms with E-state index in [-0.39, 0.29) is 35.5 Å². The molecule has 0 radical (unpaired) electrons. The number of piperidine rings is 1. The number of aromatic nitrogens is 2. The molecule has 12 heteroatoms. The van der Waals surface area contributed by atoms with Crippen LogP contribution in [0.5, 0.6) is 0 Å². The van der Waals surface area contributed by atoms with E-state index in [0.29, 0.717) is 47.2 Å². The molecule has 262 valence electrons. The maximum atomic E-state index is 13.9. The number of hydrogen-bond acceptors (Lipinski definition) is 9. The van der Waals surface area contributed by atoms with Gasteiger partial charge in [-0.1, -0.05) is 76.6 Å². The Morgan fingerprint density at radius 3 is 2.56 bits per heavy atom. The van der Waals surface area contributed by atoms with Crippen LogP contribution >= 0.6 is 0 Å². The van der Waals surface area contributed by atoms with Crippen LogP contribution in [0.1, 0.15) is 79.8 Å². The Hall–Kier alpha value is -5.52. The lowest BCUT2D eigenvalue weighted by Crippen LogP contribution is -2.49. The average Bonchev–Trinajstić information content (AvgIpc) is 3.10. The third kappa shape index (κ3) is 9.34. The van der Waals surface area contributed by atoms with Crippen LogP contribution in [0.2, 0.25) is 0 Å². The lowest BCUT2D eigenvalue weighted by molar-refractivity contribution is 0.0238. The van der Waals surface area contributed by atoms with E-state index in [1.807, 2.05) is 30.3 Å². The lowest BCUT2D eigenvalue weighted by atomic mass is 9.86. The SMILES string of the molecule is CCCC(OC(=O)N[C@H]1CCCN(c2ccncc2NC(=O)c2nc3cc(C=O)ccc3cc2NC(=O)OCc2ccccc2)C1)C(C)(C)C. The van der Waals surface area contributed by atoms with Gasteiger partial charge in [0, 0.05) is 36.3 Å². The molecule has 1 aliphatic heterocycles. The van der Waals surface area contributed by atoms with Crippen molar-refractivity contribution in [2.75, 3.05) is 28.6 Å². The molecule has 2 atom stereocenters. The van der Waals surface area contributed by atoms with Crippen molar-refractivity contribution in [3.05, 3.63) is 89.9 Å².